The van der Waals surface area contributed by atoms with Crippen LogP contribution in [-0.4, -0.2) is 18.5 Å². The molecule has 0 aliphatic rings. The number of halogens is 2. The molecule has 0 aliphatic carbocycles. The number of esters is 1. The highest BCUT2D eigenvalue weighted by molar-refractivity contribution is 8.00. The van der Waals surface area contributed by atoms with Gasteiger partial charge in [0, 0.05) is 5.56 Å². The van der Waals surface area contributed by atoms with Crippen LogP contribution in [0.2, 0.25) is 0 Å². The lowest BCUT2D eigenvalue weighted by atomic mass is 10.2. The monoisotopic (exact) mass is 613 g/mol. The van der Waals surface area contributed by atoms with E-state index in [9.17, 15) is 9.59 Å². The molecule has 0 bridgehead atoms. The highest BCUT2D eigenvalue weighted by atomic mass is 35.7. The number of carbonyl (C=O) groups is 2. The van der Waals surface area contributed by atoms with Gasteiger partial charge in [-0.15, -0.1) is 10.2 Å². The summed E-state index contributed by atoms with van der Waals surface area (Å²) in [5.41, 5.74) is 0.351. The quantitative estimate of drug-likeness (QED) is 0.174. The Kier molecular flexibility index (Phi) is 11.6. The molecule has 0 aliphatic heterocycles. The summed E-state index contributed by atoms with van der Waals surface area (Å²) in [4.78, 5) is 26.5. The first-order valence-electron chi connectivity index (χ1n) is 12.2. The number of hydrogen-bond donors (Lipinski definition) is 1. The molecular formula is C30H26Cl2NO7P-. The van der Waals surface area contributed by atoms with Crippen molar-refractivity contribution in [3.8, 4) is 0 Å². The molecule has 41 heavy (non-hydrogen) atoms. The zero-order valence-corrected chi connectivity index (χ0v) is 24.2. The van der Waals surface area contributed by atoms with E-state index in [1.165, 1.54) is 0 Å². The van der Waals surface area contributed by atoms with Gasteiger partial charge in [-0.3, -0.25) is 4.79 Å². The van der Waals surface area contributed by atoms with E-state index in [0.29, 0.717) is 5.56 Å². The maximum absolute atomic E-state index is 13.3. The summed E-state index contributed by atoms with van der Waals surface area (Å²) in [6, 6.07) is 38.3. The summed E-state index contributed by atoms with van der Waals surface area (Å²) >= 11 is 7.35. The van der Waals surface area contributed by atoms with Crippen LogP contribution in [0.4, 0.5) is 0 Å². The summed E-state index contributed by atoms with van der Waals surface area (Å²) in [5, 5.41) is 5.64. The lowest BCUT2D eigenvalue weighted by molar-refractivity contribution is -2.00. The van der Waals surface area contributed by atoms with Crippen molar-refractivity contribution in [2.24, 2.45) is 0 Å². The fourth-order valence-corrected chi connectivity index (χ4v) is 8.99. The highest BCUT2D eigenvalue weighted by Gasteiger charge is 2.41. The van der Waals surface area contributed by atoms with E-state index in [1.54, 1.807) is 31.2 Å². The van der Waals surface area contributed by atoms with E-state index in [1.807, 2.05) is 97.1 Å². The molecule has 4 aromatic rings. The Labute approximate surface area is 245 Å². The van der Waals surface area contributed by atoms with Gasteiger partial charge in [-0.2, -0.15) is 0 Å². The molecule has 0 spiro atoms. The van der Waals surface area contributed by atoms with E-state index < -0.39 is 29.4 Å². The normalized spacial score (nSPS) is 11.9. The van der Waals surface area contributed by atoms with E-state index >= 15 is 0 Å². The zero-order valence-electron chi connectivity index (χ0n) is 21.8. The Morgan fingerprint density at radius 2 is 1.05 bits per heavy atom. The van der Waals surface area contributed by atoms with Gasteiger partial charge in [-0.25, -0.2) is 23.4 Å². The van der Waals surface area contributed by atoms with Crippen molar-refractivity contribution < 1.29 is 43.2 Å². The third kappa shape index (κ3) is 8.45. The SMILES string of the molecule is CCOC(=O)/C(NC(=O)c1ccccc1)=C(/Cl)[P](c1ccccc1)(c1ccccc1)c1ccccc1.[O-][Cl+3]([O-])([O-])[O-]. The van der Waals surface area contributed by atoms with Crippen LogP contribution in [0.3, 0.4) is 0 Å². The van der Waals surface area contributed by atoms with Crippen molar-refractivity contribution in [1.82, 2.24) is 5.32 Å². The molecule has 11 heteroatoms. The lowest BCUT2D eigenvalue weighted by Crippen LogP contribution is -2.68. The molecule has 0 atom stereocenters. The van der Waals surface area contributed by atoms with Crippen LogP contribution in [0.25, 0.3) is 0 Å². The van der Waals surface area contributed by atoms with Crippen molar-refractivity contribution in [2.45, 2.75) is 6.92 Å². The molecule has 0 aromatic heterocycles. The topological polar surface area (TPSA) is 148 Å². The third-order valence-corrected chi connectivity index (χ3v) is 10.7. The summed E-state index contributed by atoms with van der Waals surface area (Å²) < 4.78 is 39.6. The van der Waals surface area contributed by atoms with Gasteiger partial charge in [0.25, 0.3) is 5.91 Å². The maximum atomic E-state index is 13.3. The van der Waals surface area contributed by atoms with Crippen LogP contribution in [-0.2, 0) is 9.53 Å². The molecular weight excluding hydrogens is 588 g/mol. The summed E-state index contributed by atoms with van der Waals surface area (Å²) in [7, 11) is -7.74. The second-order valence-electron chi connectivity index (χ2n) is 8.26. The van der Waals surface area contributed by atoms with Gasteiger partial charge in [0.15, 0.2) is 0 Å². The Morgan fingerprint density at radius 1 is 0.707 bits per heavy atom. The standard InChI is InChI=1S/C30H26ClNO3P.ClHO4/c1-2-35-30(34)27(32-29(33)23-15-7-3-8-16-23)28(31)36(24-17-9-4-10-18-24,25-19-11-5-12-20-25)26-21-13-6-14-22-26;2-1(3,4)5/h3-22H,2H2,1H3,(H,32,33);(H,2,3,4,5)/p-1/b28-27+;. The Balaban J connectivity index is 0.000000850. The third-order valence-electron chi connectivity index (χ3n) is 5.69. The number of hydrogen-bond acceptors (Lipinski definition) is 7. The van der Waals surface area contributed by atoms with Crippen LogP contribution in [0.5, 0.6) is 0 Å². The van der Waals surface area contributed by atoms with Gasteiger partial charge in [-0.1, -0.05) is 121 Å². The summed E-state index contributed by atoms with van der Waals surface area (Å²) in [6.07, 6.45) is 0. The number of carbonyl (C=O) groups excluding carboxylic acids is 2. The van der Waals surface area contributed by atoms with Crippen molar-refractivity contribution in [2.75, 3.05) is 6.61 Å². The van der Waals surface area contributed by atoms with Crippen molar-refractivity contribution in [3.05, 3.63) is 137 Å². The van der Waals surface area contributed by atoms with E-state index in [-0.39, 0.29) is 17.1 Å². The van der Waals surface area contributed by atoms with E-state index in [2.05, 4.69) is 5.32 Å². The van der Waals surface area contributed by atoms with E-state index in [4.69, 9.17) is 35.0 Å². The minimum absolute atomic E-state index is 0.0581. The fraction of sp³-hybridized carbons (Fsp3) is 0.0667. The number of amides is 1. The Hall–Kier alpha value is -3.59. The number of nitrogens with one attached hydrogen (secondary N) is 1. The molecule has 213 valence electrons. The van der Waals surface area contributed by atoms with Gasteiger partial charge in [0.1, 0.15) is 5.70 Å². The lowest BCUT2D eigenvalue weighted by Gasteiger charge is -2.38. The number of rotatable bonds is 8. The highest BCUT2D eigenvalue weighted by Crippen LogP contribution is 2.64. The predicted molar refractivity (Wildman–Crippen MR) is 149 cm³/mol. The molecule has 0 heterocycles. The molecule has 4 rings (SSSR count). The maximum Gasteiger partial charge on any atom is 0.356 e. The van der Waals surface area contributed by atoms with Crippen LogP contribution in [0.15, 0.2) is 132 Å². The van der Waals surface area contributed by atoms with Gasteiger partial charge >= 0.3 is 5.97 Å². The molecule has 0 saturated heterocycles. The number of ether oxygens (including phenoxy) is 1. The molecule has 0 saturated carbocycles. The zero-order chi connectivity index (χ0) is 29.9. The largest absolute Gasteiger partial charge is 0.461 e. The van der Waals surface area contributed by atoms with Crippen molar-refractivity contribution in [1.29, 1.82) is 0 Å². The molecule has 4 aromatic carbocycles. The van der Waals surface area contributed by atoms with Crippen LogP contribution in [0.1, 0.15) is 17.3 Å². The minimum Gasteiger partial charge on any atom is -0.461 e. The molecule has 8 nitrogen and oxygen atoms in total. The first-order valence-corrected chi connectivity index (χ1v) is 15.6. The average Bonchev–Trinajstić information content (AvgIpc) is 2.97. The van der Waals surface area contributed by atoms with Crippen molar-refractivity contribution in [3.63, 3.8) is 0 Å². The van der Waals surface area contributed by atoms with Crippen LogP contribution in [0, 0.1) is 10.2 Å². The van der Waals surface area contributed by atoms with Gasteiger partial charge in [-0.05, 0) is 42.2 Å². The Bertz CT molecular complexity index is 1350. The number of benzene rings is 4. The van der Waals surface area contributed by atoms with Crippen LogP contribution >= 0.6 is 18.9 Å². The first-order chi connectivity index (χ1) is 19.6. The van der Waals surface area contributed by atoms with E-state index in [0.717, 1.165) is 15.9 Å². The Morgan fingerprint density at radius 3 is 1.39 bits per heavy atom. The first kappa shape index (κ1) is 31.9. The van der Waals surface area contributed by atoms with Gasteiger partial charge < -0.3 is 10.1 Å². The predicted octanol–water partition coefficient (Wildman–Crippen LogP) is 0.625. The van der Waals surface area contributed by atoms with Gasteiger partial charge in [0.2, 0.25) is 0 Å². The average molecular weight is 614 g/mol. The minimum atomic E-state index is -4.94. The molecule has 0 fully saturated rings. The van der Waals surface area contributed by atoms with Crippen molar-refractivity contribution >= 4 is 46.7 Å². The molecule has 1 N–H and O–H groups in total. The van der Waals surface area contributed by atoms with Gasteiger partial charge in [0.05, 0.1) is 11.4 Å². The second-order valence-corrected chi connectivity index (χ2v) is 13.0. The fourth-order valence-electron chi connectivity index (χ4n) is 4.08. The molecule has 1 amide bonds. The summed E-state index contributed by atoms with van der Waals surface area (Å²) in [5.74, 6) is -1.12. The second kappa shape index (κ2) is 14.9. The smallest absolute Gasteiger partial charge is 0.356 e. The molecule has 0 unspecified atom stereocenters. The summed E-state index contributed by atoms with van der Waals surface area (Å²) in [6.45, 7) is 1.86. The molecule has 1 radical (unpaired) electrons. The van der Waals surface area contributed by atoms with Crippen LogP contribution < -0.4 is 39.9 Å².